The highest BCUT2D eigenvalue weighted by Gasteiger charge is 2.21. The second-order valence-electron chi connectivity index (χ2n) is 5.48. The molecule has 0 saturated carbocycles. The summed E-state index contributed by atoms with van der Waals surface area (Å²) in [5.74, 6) is 0.158. The van der Waals surface area contributed by atoms with E-state index in [0.29, 0.717) is 12.5 Å². The lowest BCUT2D eigenvalue weighted by Gasteiger charge is -2.33. The molecule has 1 aliphatic heterocycles. The lowest BCUT2D eigenvalue weighted by Crippen LogP contribution is -2.47. The van der Waals surface area contributed by atoms with Crippen LogP contribution in [0.15, 0.2) is 30.3 Å². The predicted molar refractivity (Wildman–Crippen MR) is 81.4 cm³/mol. The van der Waals surface area contributed by atoms with E-state index in [1.165, 1.54) is 5.56 Å². The summed E-state index contributed by atoms with van der Waals surface area (Å²) in [6, 6.07) is 10.8. The first kappa shape index (κ1) is 15.0. The fourth-order valence-corrected chi connectivity index (χ4v) is 2.70. The van der Waals surface area contributed by atoms with E-state index in [4.69, 9.17) is 0 Å². The van der Waals surface area contributed by atoms with Crippen molar-refractivity contribution < 1.29 is 4.79 Å². The van der Waals surface area contributed by atoms with Crippen LogP contribution in [0, 0.1) is 0 Å². The molecular weight excluding hydrogens is 250 g/mol. The number of carbonyl (C=O) groups is 1. The Morgan fingerprint density at radius 2 is 2.15 bits per heavy atom. The van der Waals surface area contributed by atoms with Crippen molar-refractivity contribution in [1.29, 1.82) is 0 Å². The second kappa shape index (κ2) is 8.02. The molecule has 0 radical (unpaired) electrons. The van der Waals surface area contributed by atoms with E-state index in [2.05, 4.69) is 39.8 Å². The number of nitrogens with one attached hydrogen (secondary N) is 2. The van der Waals surface area contributed by atoms with Crippen LogP contribution >= 0.6 is 0 Å². The van der Waals surface area contributed by atoms with E-state index in [9.17, 15) is 4.79 Å². The minimum atomic E-state index is 0.158. The average Bonchev–Trinajstić information content (AvgIpc) is 2.46. The van der Waals surface area contributed by atoms with E-state index in [0.717, 1.165) is 39.0 Å². The number of carbonyl (C=O) groups excluding carboxylic acids is 1. The van der Waals surface area contributed by atoms with Gasteiger partial charge >= 0.3 is 0 Å². The second-order valence-corrected chi connectivity index (χ2v) is 5.48. The summed E-state index contributed by atoms with van der Waals surface area (Å²) >= 11 is 0. The van der Waals surface area contributed by atoms with Gasteiger partial charge in [0.2, 0.25) is 5.91 Å². The normalized spacial score (nSPS) is 19.8. The maximum absolute atomic E-state index is 11.8. The summed E-state index contributed by atoms with van der Waals surface area (Å²) in [5.41, 5.74) is 1.34. The Bertz CT molecular complexity index is 407. The van der Waals surface area contributed by atoms with Crippen molar-refractivity contribution in [3.63, 3.8) is 0 Å². The summed E-state index contributed by atoms with van der Waals surface area (Å²) in [6.07, 6.45) is 2.81. The van der Waals surface area contributed by atoms with Gasteiger partial charge in [0.05, 0.1) is 0 Å². The topological polar surface area (TPSA) is 44.4 Å². The number of amides is 1. The van der Waals surface area contributed by atoms with Gasteiger partial charge in [0.1, 0.15) is 0 Å². The first-order valence-corrected chi connectivity index (χ1v) is 7.48. The van der Waals surface area contributed by atoms with E-state index in [1.807, 2.05) is 13.1 Å². The van der Waals surface area contributed by atoms with Gasteiger partial charge in [-0.1, -0.05) is 30.3 Å². The third-order valence-electron chi connectivity index (χ3n) is 3.72. The van der Waals surface area contributed by atoms with Crippen LogP contribution < -0.4 is 10.6 Å². The van der Waals surface area contributed by atoms with Crippen molar-refractivity contribution in [3.05, 3.63) is 35.9 Å². The molecule has 2 rings (SSSR count). The minimum Gasteiger partial charge on any atom is -0.352 e. The van der Waals surface area contributed by atoms with Gasteiger partial charge in [-0.25, -0.2) is 0 Å². The molecule has 2 N–H and O–H groups in total. The Balaban J connectivity index is 1.78. The van der Waals surface area contributed by atoms with Gasteiger partial charge in [-0.3, -0.25) is 9.69 Å². The van der Waals surface area contributed by atoms with Gasteiger partial charge in [-0.05, 0) is 32.0 Å². The zero-order valence-corrected chi connectivity index (χ0v) is 12.3. The van der Waals surface area contributed by atoms with Crippen LogP contribution in [-0.4, -0.2) is 43.5 Å². The van der Waals surface area contributed by atoms with Crippen molar-refractivity contribution in [2.75, 3.05) is 26.7 Å². The molecule has 1 aromatic rings. The number of benzene rings is 1. The first-order valence-electron chi connectivity index (χ1n) is 7.48. The predicted octanol–water partition coefficient (Wildman–Crippen LogP) is 1.38. The van der Waals surface area contributed by atoms with Crippen molar-refractivity contribution in [1.82, 2.24) is 15.5 Å². The van der Waals surface area contributed by atoms with Gasteiger partial charge in [-0.15, -0.1) is 0 Å². The molecule has 0 spiro atoms. The standard InChI is InChI=1S/C16H25N3O/c1-17-10-9-16(20)18-15-8-5-11-19(13-15)12-14-6-3-2-4-7-14/h2-4,6-7,15,17H,5,8-13H2,1H3,(H,18,20). The van der Waals surface area contributed by atoms with Crippen molar-refractivity contribution in [2.24, 2.45) is 0 Å². The van der Waals surface area contributed by atoms with Crippen molar-refractivity contribution in [3.8, 4) is 0 Å². The number of piperidine rings is 1. The molecule has 0 aliphatic carbocycles. The summed E-state index contributed by atoms with van der Waals surface area (Å²) < 4.78 is 0. The molecule has 110 valence electrons. The summed E-state index contributed by atoms with van der Waals surface area (Å²) in [7, 11) is 1.87. The number of likely N-dealkylation sites (tertiary alicyclic amines) is 1. The smallest absolute Gasteiger partial charge is 0.221 e. The molecule has 1 atom stereocenters. The van der Waals surface area contributed by atoms with Crippen LogP contribution in [-0.2, 0) is 11.3 Å². The number of hydrogen-bond acceptors (Lipinski definition) is 3. The molecular formula is C16H25N3O. The first-order chi connectivity index (χ1) is 9.78. The van der Waals surface area contributed by atoms with E-state index in [1.54, 1.807) is 0 Å². The zero-order chi connectivity index (χ0) is 14.2. The van der Waals surface area contributed by atoms with Crippen LogP contribution in [0.2, 0.25) is 0 Å². The summed E-state index contributed by atoms with van der Waals surface area (Å²) in [4.78, 5) is 14.2. The highest BCUT2D eigenvalue weighted by Crippen LogP contribution is 2.13. The molecule has 1 aliphatic rings. The Kier molecular flexibility index (Phi) is 6.02. The van der Waals surface area contributed by atoms with Gasteiger partial charge < -0.3 is 10.6 Å². The molecule has 1 aromatic carbocycles. The molecule has 20 heavy (non-hydrogen) atoms. The Morgan fingerprint density at radius 3 is 2.90 bits per heavy atom. The fourth-order valence-electron chi connectivity index (χ4n) is 2.70. The van der Waals surface area contributed by atoms with Gasteiger partial charge in [0.25, 0.3) is 0 Å². The van der Waals surface area contributed by atoms with Crippen LogP contribution in [0.5, 0.6) is 0 Å². The molecule has 1 amide bonds. The molecule has 4 heteroatoms. The van der Waals surface area contributed by atoms with Crippen LogP contribution in [0.25, 0.3) is 0 Å². The minimum absolute atomic E-state index is 0.158. The molecule has 4 nitrogen and oxygen atoms in total. The lowest BCUT2D eigenvalue weighted by atomic mass is 10.0. The highest BCUT2D eigenvalue weighted by molar-refractivity contribution is 5.76. The zero-order valence-electron chi connectivity index (χ0n) is 12.3. The third-order valence-corrected chi connectivity index (χ3v) is 3.72. The molecule has 1 fully saturated rings. The molecule has 1 saturated heterocycles. The van der Waals surface area contributed by atoms with Gasteiger partial charge in [-0.2, -0.15) is 0 Å². The highest BCUT2D eigenvalue weighted by atomic mass is 16.1. The van der Waals surface area contributed by atoms with Gasteiger partial charge in [0.15, 0.2) is 0 Å². The van der Waals surface area contributed by atoms with Crippen molar-refractivity contribution in [2.45, 2.75) is 31.8 Å². The Labute approximate surface area is 121 Å². The van der Waals surface area contributed by atoms with Crippen molar-refractivity contribution >= 4 is 5.91 Å². The number of rotatable bonds is 6. The quantitative estimate of drug-likeness (QED) is 0.824. The van der Waals surface area contributed by atoms with E-state index >= 15 is 0 Å². The maximum Gasteiger partial charge on any atom is 0.221 e. The van der Waals surface area contributed by atoms with E-state index < -0.39 is 0 Å². The monoisotopic (exact) mass is 275 g/mol. The molecule has 1 heterocycles. The van der Waals surface area contributed by atoms with E-state index in [-0.39, 0.29) is 5.91 Å². The SMILES string of the molecule is CNCCC(=O)NC1CCCN(Cc2ccccc2)C1. The summed E-state index contributed by atoms with van der Waals surface area (Å²) in [5, 5.41) is 6.15. The Morgan fingerprint density at radius 1 is 1.35 bits per heavy atom. The Hall–Kier alpha value is -1.39. The van der Waals surface area contributed by atoms with Crippen LogP contribution in [0.4, 0.5) is 0 Å². The molecule has 1 unspecified atom stereocenters. The van der Waals surface area contributed by atoms with Gasteiger partial charge in [0, 0.05) is 32.1 Å². The van der Waals surface area contributed by atoms with Crippen LogP contribution in [0.3, 0.4) is 0 Å². The van der Waals surface area contributed by atoms with Crippen LogP contribution in [0.1, 0.15) is 24.8 Å². The number of hydrogen-bond donors (Lipinski definition) is 2. The molecule has 0 aromatic heterocycles. The fraction of sp³-hybridized carbons (Fsp3) is 0.562. The largest absolute Gasteiger partial charge is 0.352 e. The third kappa shape index (κ3) is 4.94. The lowest BCUT2D eigenvalue weighted by molar-refractivity contribution is -0.122. The molecule has 0 bridgehead atoms. The summed E-state index contributed by atoms with van der Waals surface area (Å²) in [6.45, 7) is 3.80. The maximum atomic E-state index is 11.8. The average molecular weight is 275 g/mol. The number of nitrogens with zero attached hydrogens (tertiary/aromatic N) is 1.